The molecule has 2 spiro atoms. The van der Waals surface area contributed by atoms with Crippen LogP contribution in [0.5, 0.6) is 0 Å². The molecule has 16 rings (SSSR count). The molecule has 0 amide bonds. The Balaban J connectivity index is 1.05. The van der Waals surface area contributed by atoms with Crippen molar-refractivity contribution in [3.05, 3.63) is 270 Å². The predicted octanol–water partition coefficient (Wildman–Crippen LogP) is 19.0. The van der Waals surface area contributed by atoms with E-state index in [0.29, 0.717) is 0 Å². The van der Waals surface area contributed by atoms with Gasteiger partial charge in [-0.25, -0.2) is 0 Å². The third kappa shape index (κ3) is 5.27. The summed E-state index contributed by atoms with van der Waals surface area (Å²) in [5.41, 5.74) is 22.0. The van der Waals surface area contributed by atoms with E-state index in [0.717, 1.165) is 11.4 Å². The van der Waals surface area contributed by atoms with Crippen molar-refractivity contribution in [1.82, 2.24) is 0 Å². The summed E-state index contributed by atoms with van der Waals surface area (Å²) in [6.45, 7) is 0. The molecule has 0 aliphatic heterocycles. The molecule has 72 heavy (non-hydrogen) atoms. The van der Waals surface area contributed by atoms with Gasteiger partial charge in [0.05, 0.1) is 16.8 Å². The number of hydrogen-bond donors (Lipinski definition) is 0. The van der Waals surface area contributed by atoms with Crippen LogP contribution >= 0.6 is 0 Å². The summed E-state index contributed by atoms with van der Waals surface area (Å²) in [6.07, 6.45) is 6.19. The minimum absolute atomic E-state index is 0.0164. The average molecular weight is 916 g/mol. The minimum Gasteiger partial charge on any atom is -0.309 e. The van der Waals surface area contributed by atoms with Gasteiger partial charge in [-0.1, -0.05) is 219 Å². The van der Waals surface area contributed by atoms with E-state index in [1.54, 1.807) is 0 Å². The van der Waals surface area contributed by atoms with E-state index in [4.69, 9.17) is 0 Å². The maximum Gasteiger partial charge on any atom is 0.0726 e. The lowest BCUT2D eigenvalue weighted by Crippen LogP contribution is -2.28. The van der Waals surface area contributed by atoms with Crippen LogP contribution in [0, 0.1) is 0 Å². The van der Waals surface area contributed by atoms with E-state index in [9.17, 15) is 0 Å². The summed E-state index contributed by atoms with van der Waals surface area (Å²) in [5.74, 6) is 0. The van der Waals surface area contributed by atoms with Gasteiger partial charge in [0.25, 0.3) is 0 Å². The second kappa shape index (κ2) is 15.0. The molecule has 4 aliphatic rings. The summed E-state index contributed by atoms with van der Waals surface area (Å²) < 4.78 is 0. The summed E-state index contributed by atoms with van der Waals surface area (Å²) in [4.78, 5) is 2.63. The van der Waals surface area contributed by atoms with Crippen LogP contribution < -0.4 is 4.90 Å². The highest BCUT2D eigenvalue weighted by atomic mass is 15.1. The Bertz CT molecular complexity index is 4190. The van der Waals surface area contributed by atoms with Crippen molar-refractivity contribution in [3.8, 4) is 44.5 Å². The quantitative estimate of drug-likeness (QED) is 0.159. The Morgan fingerprint density at radius 1 is 0.278 bits per heavy atom. The Morgan fingerprint density at radius 3 is 1.43 bits per heavy atom. The first-order valence-corrected chi connectivity index (χ1v) is 26.0. The number of nitrogens with zero attached hydrogens (tertiary/aromatic N) is 1. The Kier molecular flexibility index (Phi) is 8.38. The van der Waals surface area contributed by atoms with E-state index in [1.807, 2.05) is 0 Å². The lowest BCUT2D eigenvalue weighted by atomic mass is 9.67. The fourth-order valence-corrected chi connectivity index (χ4v) is 14.7. The predicted molar refractivity (Wildman–Crippen MR) is 302 cm³/mol. The van der Waals surface area contributed by atoms with E-state index in [1.165, 1.54) is 159 Å². The molecule has 0 bridgehead atoms. The number of anilines is 3. The number of benzene rings is 12. The maximum atomic E-state index is 2.63. The molecule has 0 heterocycles. The standard InChI is InChI=1S/C71H49N/c1-16-39-70(40-17-1)62-30-12-8-26-54(62)58-37-35-46(41-66(58)70)59-43-61-57-29-11-15-33-65(57)71(63-31-13-9-27-55(63)56-28-10-14-32-64(56)71)67(61)44-69(59)72(68-34-18-20-45-19-2-3-21-48(45)68)47-36-38-53-51-24-5-4-22-49(51)50-23-6-7-25-52(50)60(53)42-47/h2-15,18-38,41-44H,1,16-17,39-40H2. The van der Waals surface area contributed by atoms with E-state index < -0.39 is 5.41 Å². The Hall–Kier alpha value is -8.52. The molecule has 0 aromatic heterocycles. The summed E-state index contributed by atoms with van der Waals surface area (Å²) in [6, 6.07) is 90.8. The van der Waals surface area contributed by atoms with Gasteiger partial charge < -0.3 is 4.90 Å². The van der Waals surface area contributed by atoms with Gasteiger partial charge in [0.15, 0.2) is 0 Å². The molecule has 1 fully saturated rings. The summed E-state index contributed by atoms with van der Waals surface area (Å²) in [5, 5.41) is 10.1. The second-order valence-electron chi connectivity index (χ2n) is 20.9. The molecule has 0 N–H and O–H groups in total. The first-order valence-electron chi connectivity index (χ1n) is 26.0. The molecule has 0 unspecified atom stereocenters. The van der Waals surface area contributed by atoms with Crippen LogP contribution in [0.3, 0.4) is 0 Å². The van der Waals surface area contributed by atoms with Crippen molar-refractivity contribution >= 4 is 60.2 Å². The van der Waals surface area contributed by atoms with Gasteiger partial charge in [-0.05, 0) is 159 Å². The largest absolute Gasteiger partial charge is 0.309 e. The lowest BCUT2D eigenvalue weighted by Gasteiger charge is -2.36. The highest BCUT2D eigenvalue weighted by Crippen LogP contribution is 2.65. The van der Waals surface area contributed by atoms with Crippen molar-refractivity contribution in [2.24, 2.45) is 0 Å². The SMILES string of the molecule is c1ccc2c(c1)-c1ccc(-c3cc4c(cc3N(c3ccc5c6ccccc6c6ccccc6c5c3)c3cccc5ccccc35)C3(c5ccccc5-c5ccccc53)c3ccccc3-4)cc1C21CCCCC1. The van der Waals surface area contributed by atoms with Crippen LogP contribution in [-0.4, -0.2) is 0 Å². The van der Waals surface area contributed by atoms with E-state index in [-0.39, 0.29) is 5.41 Å². The zero-order chi connectivity index (χ0) is 47.1. The highest BCUT2D eigenvalue weighted by molar-refractivity contribution is 6.26. The molecule has 12 aromatic carbocycles. The molecule has 4 aliphatic carbocycles. The van der Waals surface area contributed by atoms with Crippen LogP contribution in [0.1, 0.15) is 65.5 Å². The van der Waals surface area contributed by atoms with Crippen LogP contribution in [0.2, 0.25) is 0 Å². The maximum absolute atomic E-state index is 2.63. The van der Waals surface area contributed by atoms with Crippen molar-refractivity contribution < 1.29 is 0 Å². The van der Waals surface area contributed by atoms with E-state index >= 15 is 0 Å². The van der Waals surface area contributed by atoms with Gasteiger partial charge in [0.2, 0.25) is 0 Å². The zero-order valence-electron chi connectivity index (χ0n) is 40.0. The molecule has 338 valence electrons. The zero-order valence-corrected chi connectivity index (χ0v) is 40.0. The topological polar surface area (TPSA) is 3.24 Å². The summed E-state index contributed by atoms with van der Waals surface area (Å²) >= 11 is 0. The van der Waals surface area contributed by atoms with Gasteiger partial charge in [0.1, 0.15) is 0 Å². The van der Waals surface area contributed by atoms with Crippen molar-refractivity contribution in [1.29, 1.82) is 0 Å². The average Bonchev–Trinajstić information content (AvgIpc) is 4.02. The number of hydrogen-bond acceptors (Lipinski definition) is 1. The molecular formula is C71H49N. The molecule has 1 saturated carbocycles. The van der Waals surface area contributed by atoms with Gasteiger partial charge in [-0.15, -0.1) is 0 Å². The molecule has 1 nitrogen and oxygen atoms in total. The lowest BCUT2D eigenvalue weighted by molar-refractivity contribution is 0.353. The smallest absolute Gasteiger partial charge is 0.0726 e. The van der Waals surface area contributed by atoms with E-state index in [2.05, 4.69) is 241 Å². The highest BCUT2D eigenvalue weighted by Gasteiger charge is 2.52. The fraction of sp³-hybridized carbons (Fsp3) is 0.0986. The van der Waals surface area contributed by atoms with Crippen molar-refractivity contribution in [3.63, 3.8) is 0 Å². The molecule has 0 radical (unpaired) electrons. The molecular weight excluding hydrogens is 867 g/mol. The normalized spacial score (nSPS) is 15.2. The van der Waals surface area contributed by atoms with Gasteiger partial charge in [0, 0.05) is 22.1 Å². The summed E-state index contributed by atoms with van der Waals surface area (Å²) in [7, 11) is 0. The van der Waals surface area contributed by atoms with Crippen LogP contribution in [0.25, 0.3) is 87.6 Å². The molecule has 0 saturated heterocycles. The number of fused-ring (bicyclic) bond motifs is 22. The Morgan fingerprint density at radius 2 is 0.778 bits per heavy atom. The first kappa shape index (κ1) is 40.2. The molecule has 1 heteroatoms. The van der Waals surface area contributed by atoms with Gasteiger partial charge in [-0.2, -0.15) is 0 Å². The molecule has 12 aromatic rings. The van der Waals surface area contributed by atoms with Gasteiger partial charge in [-0.3, -0.25) is 0 Å². The number of rotatable bonds is 4. The monoisotopic (exact) mass is 915 g/mol. The third-order valence-corrected chi connectivity index (χ3v) is 17.6. The van der Waals surface area contributed by atoms with Crippen LogP contribution in [0.4, 0.5) is 17.1 Å². The first-order chi connectivity index (χ1) is 35.7. The van der Waals surface area contributed by atoms with Gasteiger partial charge >= 0.3 is 0 Å². The third-order valence-electron chi connectivity index (χ3n) is 17.6. The second-order valence-corrected chi connectivity index (χ2v) is 20.9. The fourth-order valence-electron chi connectivity index (χ4n) is 14.7. The minimum atomic E-state index is -0.513. The van der Waals surface area contributed by atoms with Crippen molar-refractivity contribution in [2.75, 3.05) is 4.90 Å². The van der Waals surface area contributed by atoms with Crippen LogP contribution in [0.15, 0.2) is 237 Å². The van der Waals surface area contributed by atoms with Crippen molar-refractivity contribution in [2.45, 2.75) is 42.9 Å². The van der Waals surface area contributed by atoms with Crippen LogP contribution in [-0.2, 0) is 10.8 Å². The molecule has 0 atom stereocenters. The Labute approximate surface area is 420 Å².